The van der Waals surface area contributed by atoms with E-state index in [1.807, 2.05) is 30.3 Å². The van der Waals surface area contributed by atoms with Crippen molar-refractivity contribution in [2.45, 2.75) is 38.0 Å². The van der Waals surface area contributed by atoms with Crippen molar-refractivity contribution < 1.29 is 9.53 Å². The van der Waals surface area contributed by atoms with Gasteiger partial charge in [-0.3, -0.25) is 4.79 Å². The summed E-state index contributed by atoms with van der Waals surface area (Å²) in [5, 5.41) is 3.12. The van der Waals surface area contributed by atoms with Crippen LogP contribution in [0, 0.1) is 0 Å². The Hall–Kier alpha value is -1.17. The van der Waals surface area contributed by atoms with Crippen LogP contribution in [0.15, 0.2) is 46.3 Å². The van der Waals surface area contributed by atoms with Gasteiger partial charge in [-0.25, -0.2) is 0 Å². The van der Waals surface area contributed by atoms with Crippen LogP contribution in [0.2, 0.25) is 0 Å². The van der Waals surface area contributed by atoms with Gasteiger partial charge in [0.2, 0.25) is 0 Å². The van der Waals surface area contributed by atoms with Crippen LogP contribution < -0.4 is 5.32 Å². The van der Waals surface area contributed by atoms with E-state index >= 15 is 0 Å². The highest BCUT2D eigenvalue weighted by Crippen LogP contribution is 2.26. The number of thiophene rings is 1. The summed E-state index contributed by atoms with van der Waals surface area (Å²) in [7, 11) is 0. The van der Waals surface area contributed by atoms with Crippen LogP contribution in [0.3, 0.4) is 0 Å². The van der Waals surface area contributed by atoms with E-state index in [9.17, 15) is 4.79 Å². The average molecular weight is 380 g/mol. The number of rotatable bonds is 5. The van der Waals surface area contributed by atoms with Gasteiger partial charge in [-0.1, -0.05) is 30.3 Å². The van der Waals surface area contributed by atoms with Crippen molar-refractivity contribution in [3.05, 3.63) is 56.7 Å². The van der Waals surface area contributed by atoms with Crippen LogP contribution in [0.4, 0.5) is 0 Å². The molecule has 1 aromatic carbocycles. The van der Waals surface area contributed by atoms with E-state index in [1.165, 1.54) is 16.9 Å². The molecule has 0 spiro atoms. The fourth-order valence-electron chi connectivity index (χ4n) is 2.74. The minimum absolute atomic E-state index is 0.00379. The highest BCUT2D eigenvalue weighted by molar-refractivity contribution is 9.11. The Labute approximate surface area is 142 Å². The van der Waals surface area contributed by atoms with Crippen LogP contribution in [0.5, 0.6) is 0 Å². The van der Waals surface area contributed by atoms with E-state index in [0.29, 0.717) is 6.61 Å². The van der Waals surface area contributed by atoms with Crippen molar-refractivity contribution in [2.75, 3.05) is 0 Å². The molecule has 3 rings (SSSR count). The van der Waals surface area contributed by atoms with Gasteiger partial charge in [0, 0.05) is 0 Å². The smallest absolute Gasteiger partial charge is 0.261 e. The third-order valence-corrected chi connectivity index (χ3v) is 5.50. The molecule has 2 atom stereocenters. The van der Waals surface area contributed by atoms with E-state index in [1.54, 1.807) is 0 Å². The highest BCUT2D eigenvalue weighted by atomic mass is 79.9. The first-order valence-electron chi connectivity index (χ1n) is 7.44. The zero-order valence-corrected chi connectivity index (χ0v) is 14.5. The van der Waals surface area contributed by atoms with Crippen molar-refractivity contribution in [1.82, 2.24) is 5.32 Å². The standard InChI is InChI=1S/C17H18BrNO2S/c18-16-10-9-15(22-16)17(20)19-13-7-4-8-14(13)21-11-12-5-2-1-3-6-12/h1-3,5-6,9-10,13-14H,4,7-8,11H2,(H,19,20)/t13-,14-/m0/s1. The van der Waals surface area contributed by atoms with Crippen LogP contribution in [-0.4, -0.2) is 18.1 Å². The number of carbonyl (C=O) groups excluding carboxylic acids is 1. The predicted octanol–water partition coefficient (Wildman–Crippen LogP) is 4.38. The Morgan fingerprint density at radius 1 is 1.23 bits per heavy atom. The monoisotopic (exact) mass is 379 g/mol. The Morgan fingerprint density at radius 2 is 2.05 bits per heavy atom. The van der Waals surface area contributed by atoms with Gasteiger partial charge in [0.15, 0.2) is 0 Å². The summed E-state index contributed by atoms with van der Waals surface area (Å²) >= 11 is 4.84. The van der Waals surface area contributed by atoms with Crippen molar-refractivity contribution in [3.8, 4) is 0 Å². The predicted molar refractivity (Wildman–Crippen MR) is 92.1 cm³/mol. The molecule has 1 aromatic heterocycles. The van der Waals surface area contributed by atoms with Gasteiger partial charge in [-0.15, -0.1) is 11.3 Å². The second-order valence-corrected chi connectivity index (χ2v) is 7.91. The van der Waals surface area contributed by atoms with Crippen molar-refractivity contribution >= 4 is 33.2 Å². The Kier molecular flexibility index (Phi) is 5.28. The lowest BCUT2D eigenvalue weighted by Gasteiger charge is -2.21. The van der Waals surface area contributed by atoms with E-state index in [0.717, 1.165) is 27.9 Å². The number of hydrogen-bond donors (Lipinski definition) is 1. The minimum atomic E-state index is -0.00379. The normalized spacial score (nSPS) is 21.0. The lowest BCUT2D eigenvalue weighted by atomic mass is 10.2. The summed E-state index contributed by atoms with van der Waals surface area (Å²) in [6.07, 6.45) is 3.19. The molecule has 1 heterocycles. The lowest BCUT2D eigenvalue weighted by molar-refractivity contribution is 0.0272. The van der Waals surface area contributed by atoms with Gasteiger partial charge in [0.1, 0.15) is 0 Å². The van der Waals surface area contributed by atoms with Crippen molar-refractivity contribution in [2.24, 2.45) is 0 Å². The molecule has 116 valence electrons. The SMILES string of the molecule is O=C(N[C@H]1CCC[C@@H]1OCc1ccccc1)c1ccc(Br)s1. The molecular weight excluding hydrogens is 362 g/mol. The van der Waals surface area contributed by atoms with Crippen LogP contribution in [0.25, 0.3) is 0 Å². The molecule has 3 nitrogen and oxygen atoms in total. The maximum Gasteiger partial charge on any atom is 0.261 e. The summed E-state index contributed by atoms with van der Waals surface area (Å²) in [6, 6.07) is 14.0. The van der Waals surface area contributed by atoms with Gasteiger partial charge < -0.3 is 10.1 Å². The van der Waals surface area contributed by atoms with E-state index < -0.39 is 0 Å². The maximum absolute atomic E-state index is 12.3. The first-order chi connectivity index (χ1) is 10.7. The first-order valence-corrected chi connectivity index (χ1v) is 9.05. The zero-order chi connectivity index (χ0) is 15.4. The summed E-state index contributed by atoms with van der Waals surface area (Å²) < 4.78 is 7.00. The number of hydrogen-bond acceptors (Lipinski definition) is 3. The lowest BCUT2D eigenvalue weighted by Crippen LogP contribution is -2.40. The molecule has 1 aliphatic carbocycles. The molecular formula is C17H18BrNO2S. The van der Waals surface area contributed by atoms with Crippen molar-refractivity contribution in [1.29, 1.82) is 0 Å². The average Bonchev–Trinajstić information content (AvgIpc) is 3.15. The zero-order valence-electron chi connectivity index (χ0n) is 12.1. The largest absolute Gasteiger partial charge is 0.371 e. The topological polar surface area (TPSA) is 38.3 Å². The minimum Gasteiger partial charge on any atom is -0.371 e. The third-order valence-electron chi connectivity index (χ3n) is 3.87. The molecule has 22 heavy (non-hydrogen) atoms. The van der Waals surface area contributed by atoms with Gasteiger partial charge in [0.05, 0.1) is 27.4 Å². The molecule has 0 radical (unpaired) electrons. The fraction of sp³-hybridized carbons (Fsp3) is 0.353. The Morgan fingerprint density at radius 3 is 2.77 bits per heavy atom. The Balaban J connectivity index is 1.55. The van der Waals surface area contributed by atoms with E-state index in [-0.39, 0.29) is 18.1 Å². The summed E-state index contributed by atoms with van der Waals surface area (Å²) in [5.74, 6) is -0.00379. The van der Waals surface area contributed by atoms with Gasteiger partial charge in [-0.05, 0) is 52.9 Å². The molecule has 1 fully saturated rings. The summed E-state index contributed by atoms with van der Waals surface area (Å²) in [5.41, 5.74) is 1.17. The van der Waals surface area contributed by atoms with Gasteiger partial charge >= 0.3 is 0 Å². The molecule has 0 aliphatic heterocycles. The summed E-state index contributed by atoms with van der Waals surface area (Å²) in [6.45, 7) is 0.600. The number of nitrogens with one attached hydrogen (secondary N) is 1. The second-order valence-electron chi connectivity index (χ2n) is 5.45. The number of ether oxygens (including phenoxy) is 1. The molecule has 1 saturated carbocycles. The molecule has 5 heteroatoms. The third kappa shape index (κ3) is 3.97. The molecule has 2 aromatic rings. The maximum atomic E-state index is 12.3. The molecule has 0 bridgehead atoms. The fourth-order valence-corrected chi connectivity index (χ4v) is 4.03. The van der Waals surface area contributed by atoms with E-state index in [2.05, 4.69) is 33.4 Å². The molecule has 1 amide bonds. The molecule has 1 aliphatic rings. The number of halogens is 1. The second kappa shape index (κ2) is 7.40. The summed E-state index contributed by atoms with van der Waals surface area (Å²) in [4.78, 5) is 13.0. The van der Waals surface area contributed by atoms with Crippen molar-refractivity contribution in [3.63, 3.8) is 0 Å². The molecule has 1 N–H and O–H groups in total. The van der Waals surface area contributed by atoms with Gasteiger partial charge in [-0.2, -0.15) is 0 Å². The quantitative estimate of drug-likeness (QED) is 0.836. The number of amides is 1. The molecule has 0 unspecified atom stereocenters. The van der Waals surface area contributed by atoms with E-state index in [4.69, 9.17) is 4.74 Å². The van der Waals surface area contributed by atoms with Crippen LogP contribution in [0.1, 0.15) is 34.5 Å². The first kappa shape index (κ1) is 15.7. The van der Waals surface area contributed by atoms with Crippen LogP contribution >= 0.6 is 27.3 Å². The van der Waals surface area contributed by atoms with Crippen LogP contribution in [-0.2, 0) is 11.3 Å². The number of benzene rings is 1. The highest BCUT2D eigenvalue weighted by Gasteiger charge is 2.29. The number of carbonyl (C=O) groups is 1. The molecule has 0 saturated heterocycles. The Bertz CT molecular complexity index is 629. The van der Waals surface area contributed by atoms with Gasteiger partial charge in [0.25, 0.3) is 5.91 Å².